The van der Waals surface area contributed by atoms with Gasteiger partial charge in [0.2, 0.25) is 0 Å². The minimum absolute atomic E-state index is 0.177. The second-order valence-corrected chi connectivity index (χ2v) is 5.69. The molecular weight excluding hydrogens is 290 g/mol. The zero-order valence-electron chi connectivity index (χ0n) is 7.96. The van der Waals surface area contributed by atoms with Crippen LogP contribution in [0.5, 0.6) is 5.75 Å². The second-order valence-electron chi connectivity index (χ2n) is 3.23. The molecule has 6 heteroatoms. The van der Waals surface area contributed by atoms with Crippen molar-refractivity contribution in [2.45, 2.75) is 0 Å². The first-order chi connectivity index (χ1) is 7.72. The van der Waals surface area contributed by atoms with Crippen LogP contribution in [0.2, 0.25) is 0 Å². The Labute approximate surface area is 103 Å². The van der Waals surface area contributed by atoms with Gasteiger partial charge in [0.1, 0.15) is 5.75 Å². The van der Waals surface area contributed by atoms with Crippen molar-refractivity contribution >= 4 is 32.9 Å². The Bertz CT molecular complexity index is 661. The molecule has 80 valence electrons. The summed E-state index contributed by atoms with van der Waals surface area (Å²) < 4.78 is 2.61. The van der Waals surface area contributed by atoms with Crippen LogP contribution >= 0.6 is 27.3 Å². The Morgan fingerprint density at radius 2 is 2.12 bits per heavy atom. The Morgan fingerprint density at radius 1 is 1.25 bits per heavy atom. The molecule has 0 aromatic carbocycles. The highest BCUT2D eigenvalue weighted by Crippen LogP contribution is 2.29. The van der Waals surface area contributed by atoms with Crippen LogP contribution in [0.3, 0.4) is 0 Å². The summed E-state index contributed by atoms with van der Waals surface area (Å²) in [5.41, 5.74) is 0.720. The number of thiophene rings is 1. The lowest BCUT2D eigenvalue weighted by Crippen LogP contribution is -1.84. The van der Waals surface area contributed by atoms with Crippen LogP contribution in [0.1, 0.15) is 0 Å². The lowest BCUT2D eigenvalue weighted by molar-refractivity contribution is 0.470. The van der Waals surface area contributed by atoms with Gasteiger partial charge >= 0.3 is 0 Å². The molecule has 0 spiro atoms. The van der Waals surface area contributed by atoms with E-state index in [9.17, 15) is 5.11 Å². The smallest absolute Gasteiger partial charge is 0.192 e. The maximum atomic E-state index is 9.32. The first-order valence-electron chi connectivity index (χ1n) is 4.53. The number of nitrogens with zero attached hydrogens (tertiary/aromatic N) is 3. The number of aromatic nitrogens is 3. The molecule has 3 rings (SSSR count). The van der Waals surface area contributed by atoms with Crippen LogP contribution in [-0.4, -0.2) is 19.7 Å². The van der Waals surface area contributed by atoms with Crippen LogP contribution in [0.15, 0.2) is 34.2 Å². The summed E-state index contributed by atoms with van der Waals surface area (Å²) in [6.45, 7) is 0. The number of halogens is 1. The normalized spacial score (nSPS) is 11.1. The molecule has 0 aliphatic carbocycles. The summed E-state index contributed by atoms with van der Waals surface area (Å²) in [4.78, 5) is 5.36. The number of hydrogen-bond acceptors (Lipinski definition) is 4. The van der Waals surface area contributed by atoms with Gasteiger partial charge in [-0.05, 0) is 40.2 Å². The molecule has 0 aliphatic heterocycles. The van der Waals surface area contributed by atoms with Gasteiger partial charge in [-0.2, -0.15) is 0 Å². The summed E-state index contributed by atoms with van der Waals surface area (Å²) in [6, 6.07) is 7.25. The predicted octanol–water partition coefficient (Wildman–Crippen LogP) is 2.93. The quantitative estimate of drug-likeness (QED) is 0.751. The Kier molecular flexibility index (Phi) is 2.19. The molecule has 0 atom stereocenters. The van der Waals surface area contributed by atoms with Gasteiger partial charge in [-0.25, -0.2) is 9.50 Å². The summed E-state index contributed by atoms with van der Waals surface area (Å²) >= 11 is 4.98. The molecule has 3 heterocycles. The number of rotatable bonds is 1. The highest BCUT2D eigenvalue weighted by molar-refractivity contribution is 9.11. The first kappa shape index (κ1) is 9.80. The summed E-state index contributed by atoms with van der Waals surface area (Å²) in [7, 11) is 0. The maximum Gasteiger partial charge on any atom is 0.192 e. The lowest BCUT2D eigenvalue weighted by atomic mass is 10.4. The molecule has 0 saturated heterocycles. The van der Waals surface area contributed by atoms with Crippen LogP contribution in [-0.2, 0) is 0 Å². The van der Waals surface area contributed by atoms with E-state index in [1.165, 1.54) is 6.20 Å². The van der Waals surface area contributed by atoms with E-state index in [-0.39, 0.29) is 5.75 Å². The monoisotopic (exact) mass is 295 g/mol. The van der Waals surface area contributed by atoms with Gasteiger partial charge in [0.05, 0.1) is 14.9 Å². The molecule has 0 fully saturated rings. The first-order valence-corrected chi connectivity index (χ1v) is 6.14. The van der Waals surface area contributed by atoms with Crippen LogP contribution in [0, 0.1) is 0 Å². The minimum Gasteiger partial charge on any atom is -0.506 e. The van der Waals surface area contributed by atoms with Crippen LogP contribution < -0.4 is 0 Å². The fourth-order valence-corrected chi connectivity index (χ4v) is 2.73. The molecule has 3 aromatic heterocycles. The largest absolute Gasteiger partial charge is 0.506 e. The van der Waals surface area contributed by atoms with E-state index in [0.29, 0.717) is 5.82 Å². The predicted molar refractivity (Wildman–Crippen MR) is 65.7 cm³/mol. The van der Waals surface area contributed by atoms with Crippen molar-refractivity contribution in [3.05, 3.63) is 34.2 Å². The Morgan fingerprint density at radius 3 is 2.88 bits per heavy atom. The minimum atomic E-state index is 0.177. The van der Waals surface area contributed by atoms with E-state index in [0.717, 1.165) is 14.3 Å². The van der Waals surface area contributed by atoms with Crippen molar-refractivity contribution in [1.82, 2.24) is 14.6 Å². The Balaban J connectivity index is 2.18. The molecule has 0 aliphatic rings. The SMILES string of the molecule is Oc1ccc2nc(-c3ccc(Br)s3)nn2c1. The van der Waals surface area contributed by atoms with E-state index in [2.05, 4.69) is 26.0 Å². The van der Waals surface area contributed by atoms with Crippen molar-refractivity contribution in [2.24, 2.45) is 0 Å². The van der Waals surface area contributed by atoms with Gasteiger partial charge in [0.25, 0.3) is 0 Å². The fraction of sp³-hybridized carbons (Fsp3) is 0. The van der Waals surface area contributed by atoms with E-state index in [1.54, 1.807) is 28.0 Å². The average molecular weight is 296 g/mol. The van der Waals surface area contributed by atoms with Gasteiger partial charge < -0.3 is 5.11 Å². The molecule has 4 nitrogen and oxygen atoms in total. The lowest BCUT2D eigenvalue weighted by Gasteiger charge is -1.90. The van der Waals surface area contributed by atoms with Gasteiger partial charge in [0.15, 0.2) is 11.5 Å². The fourth-order valence-electron chi connectivity index (χ4n) is 1.41. The molecule has 16 heavy (non-hydrogen) atoms. The zero-order valence-corrected chi connectivity index (χ0v) is 10.4. The van der Waals surface area contributed by atoms with Crippen molar-refractivity contribution in [3.63, 3.8) is 0 Å². The van der Waals surface area contributed by atoms with Gasteiger partial charge in [-0.1, -0.05) is 0 Å². The van der Waals surface area contributed by atoms with Crippen molar-refractivity contribution < 1.29 is 5.11 Å². The number of pyridine rings is 1. The molecule has 0 radical (unpaired) electrons. The third kappa shape index (κ3) is 1.60. The van der Waals surface area contributed by atoms with Crippen LogP contribution in [0.4, 0.5) is 0 Å². The number of hydrogen-bond donors (Lipinski definition) is 1. The summed E-state index contributed by atoms with van der Waals surface area (Å²) in [6.07, 6.45) is 1.54. The average Bonchev–Trinajstić information content (AvgIpc) is 2.83. The molecule has 1 N–H and O–H groups in total. The zero-order chi connectivity index (χ0) is 11.1. The van der Waals surface area contributed by atoms with E-state index < -0.39 is 0 Å². The van der Waals surface area contributed by atoms with E-state index in [4.69, 9.17) is 0 Å². The van der Waals surface area contributed by atoms with Crippen molar-refractivity contribution in [3.8, 4) is 16.5 Å². The molecule has 0 bridgehead atoms. The molecule has 0 unspecified atom stereocenters. The summed E-state index contributed by atoms with van der Waals surface area (Å²) in [5.74, 6) is 0.845. The van der Waals surface area contributed by atoms with Crippen molar-refractivity contribution in [2.75, 3.05) is 0 Å². The number of fused-ring (bicyclic) bond motifs is 1. The summed E-state index contributed by atoms with van der Waals surface area (Å²) in [5, 5.41) is 13.6. The second kappa shape index (κ2) is 3.57. The maximum absolute atomic E-state index is 9.32. The Hall–Kier alpha value is -1.40. The van der Waals surface area contributed by atoms with E-state index in [1.807, 2.05) is 12.1 Å². The number of aromatic hydroxyl groups is 1. The molecule has 0 saturated carbocycles. The van der Waals surface area contributed by atoms with Gasteiger partial charge in [0, 0.05) is 0 Å². The topological polar surface area (TPSA) is 50.4 Å². The van der Waals surface area contributed by atoms with Gasteiger partial charge in [-0.15, -0.1) is 16.4 Å². The highest BCUT2D eigenvalue weighted by atomic mass is 79.9. The van der Waals surface area contributed by atoms with Crippen molar-refractivity contribution in [1.29, 1.82) is 0 Å². The molecule has 3 aromatic rings. The molecule has 0 amide bonds. The van der Waals surface area contributed by atoms with Gasteiger partial charge in [-0.3, -0.25) is 0 Å². The van der Waals surface area contributed by atoms with Crippen LogP contribution in [0.25, 0.3) is 16.3 Å². The highest BCUT2D eigenvalue weighted by Gasteiger charge is 2.08. The molecular formula is C10H6BrN3OS. The third-order valence-corrected chi connectivity index (χ3v) is 3.73. The van der Waals surface area contributed by atoms with E-state index >= 15 is 0 Å². The third-order valence-electron chi connectivity index (χ3n) is 2.11. The standard InChI is InChI=1S/C10H6BrN3OS/c11-8-3-2-7(16-8)10-12-9-4-1-6(15)5-14(9)13-10/h1-5,15H.